The molecule has 3 unspecified atom stereocenters. The van der Waals surface area contributed by atoms with Crippen molar-refractivity contribution in [2.45, 2.75) is 44.4 Å². The van der Waals surface area contributed by atoms with Gasteiger partial charge in [0.15, 0.2) is 0 Å². The Labute approximate surface area is 105 Å². The normalized spacial score (nSPS) is 32.6. The minimum Gasteiger partial charge on any atom is -0.389 e. The van der Waals surface area contributed by atoms with Crippen molar-refractivity contribution in [3.05, 3.63) is 0 Å². The molecule has 2 bridgehead atoms. The van der Waals surface area contributed by atoms with Crippen LogP contribution in [0.5, 0.6) is 0 Å². The molecule has 0 spiro atoms. The maximum absolute atomic E-state index is 9.88. The van der Waals surface area contributed by atoms with E-state index in [1.165, 1.54) is 19.3 Å². The Hall–Kier alpha value is -0.160. The van der Waals surface area contributed by atoms with E-state index in [0.717, 1.165) is 25.7 Å². The molecular weight excluding hydrogens is 216 g/mol. The molecule has 0 aromatic heterocycles. The van der Waals surface area contributed by atoms with Gasteiger partial charge in [0.05, 0.1) is 12.7 Å². The van der Waals surface area contributed by atoms with Crippen molar-refractivity contribution in [1.82, 2.24) is 9.80 Å². The van der Waals surface area contributed by atoms with E-state index < -0.39 is 0 Å². The van der Waals surface area contributed by atoms with Crippen molar-refractivity contribution >= 4 is 0 Å². The molecule has 2 fully saturated rings. The van der Waals surface area contributed by atoms with E-state index in [4.69, 9.17) is 4.74 Å². The van der Waals surface area contributed by atoms with E-state index in [9.17, 15) is 5.11 Å². The van der Waals surface area contributed by atoms with Crippen molar-refractivity contribution in [3.8, 4) is 0 Å². The largest absolute Gasteiger partial charge is 0.389 e. The molecule has 2 aliphatic heterocycles. The second-order valence-electron chi connectivity index (χ2n) is 5.41. The van der Waals surface area contributed by atoms with Crippen LogP contribution in [0.15, 0.2) is 0 Å². The smallest absolute Gasteiger partial charge is 0.0900 e. The zero-order chi connectivity index (χ0) is 12.3. The highest BCUT2D eigenvalue weighted by Gasteiger charge is 2.34. The van der Waals surface area contributed by atoms with Gasteiger partial charge < -0.3 is 9.84 Å². The SMILES string of the molecule is CCOCC(O)CN1CCC2CCC(C1)N2C. The summed E-state index contributed by atoms with van der Waals surface area (Å²) >= 11 is 0. The van der Waals surface area contributed by atoms with E-state index in [1.807, 2.05) is 6.92 Å². The van der Waals surface area contributed by atoms with Gasteiger partial charge in [-0.25, -0.2) is 0 Å². The summed E-state index contributed by atoms with van der Waals surface area (Å²) in [6.07, 6.45) is 3.58. The number of aliphatic hydroxyl groups excluding tert-OH is 1. The molecule has 3 atom stereocenters. The molecule has 0 radical (unpaired) electrons. The first-order valence-corrected chi connectivity index (χ1v) is 6.90. The molecule has 2 aliphatic rings. The van der Waals surface area contributed by atoms with Gasteiger partial charge in [-0.05, 0) is 39.8 Å². The third-order valence-corrected chi connectivity index (χ3v) is 4.22. The monoisotopic (exact) mass is 242 g/mol. The molecule has 4 nitrogen and oxygen atoms in total. The van der Waals surface area contributed by atoms with Gasteiger partial charge in [0.2, 0.25) is 0 Å². The number of aliphatic hydroxyl groups is 1. The molecule has 4 heteroatoms. The minimum atomic E-state index is -0.336. The number of hydrogen-bond donors (Lipinski definition) is 1. The summed E-state index contributed by atoms with van der Waals surface area (Å²) in [5, 5.41) is 9.88. The van der Waals surface area contributed by atoms with Gasteiger partial charge in [0, 0.05) is 31.8 Å². The Balaban J connectivity index is 1.78. The maximum Gasteiger partial charge on any atom is 0.0900 e. The number of fused-ring (bicyclic) bond motifs is 2. The maximum atomic E-state index is 9.88. The Morgan fingerprint density at radius 3 is 2.82 bits per heavy atom. The van der Waals surface area contributed by atoms with Crippen LogP contribution in [0.1, 0.15) is 26.2 Å². The fourth-order valence-electron chi connectivity index (χ4n) is 3.15. The first kappa shape index (κ1) is 13.3. The lowest BCUT2D eigenvalue weighted by Crippen LogP contribution is -2.41. The molecule has 2 heterocycles. The van der Waals surface area contributed by atoms with Crippen LogP contribution < -0.4 is 0 Å². The number of ether oxygens (including phenoxy) is 1. The van der Waals surface area contributed by atoms with Gasteiger partial charge in [0.1, 0.15) is 0 Å². The van der Waals surface area contributed by atoms with Gasteiger partial charge >= 0.3 is 0 Å². The molecule has 0 aromatic carbocycles. The van der Waals surface area contributed by atoms with Gasteiger partial charge in [-0.3, -0.25) is 9.80 Å². The topological polar surface area (TPSA) is 35.9 Å². The number of rotatable bonds is 5. The quantitative estimate of drug-likeness (QED) is 0.764. The summed E-state index contributed by atoms with van der Waals surface area (Å²) in [7, 11) is 2.25. The van der Waals surface area contributed by atoms with Crippen LogP contribution in [0.4, 0.5) is 0 Å². The summed E-state index contributed by atoms with van der Waals surface area (Å²) in [5.41, 5.74) is 0. The van der Waals surface area contributed by atoms with Crippen LogP contribution in [-0.4, -0.2) is 73.0 Å². The van der Waals surface area contributed by atoms with Crippen LogP contribution in [-0.2, 0) is 4.74 Å². The fraction of sp³-hybridized carbons (Fsp3) is 1.00. The Bertz CT molecular complexity index is 237. The predicted octanol–water partition coefficient (Wildman–Crippen LogP) is 0.552. The van der Waals surface area contributed by atoms with Crippen molar-refractivity contribution in [3.63, 3.8) is 0 Å². The zero-order valence-corrected chi connectivity index (χ0v) is 11.1. The first-order chi connectivity index (χ1) is 8.20. The second kappa shape index (κ2) is 6.14. The first-order valence-electron chi connectivity index (χ1n) is 6.90. The summed E-state index contributed by atoms with van der Waals surface area (Å²) in [6, 6.07) is 1.47. The Kier molecular flexibility index (Phi) is 4.79. The van der Waals surface area contributed by atoms with Crippen LogP contribution in [0.2, 0.25) is 0 Å². The Morgan fingerprint density at radius 2 is 2.06 bits per heavy atom. The third-order valence-electron chi connectivity index (χ3n) is 4.22. The molecule has 0 amide bonds. The highest BCUT2D eigenvalue weighted by molar-refractivity contribution is 4.91. The standard InChI is InChI=1S/C13H26N2O2/c1-3-17-10-13(16)9-15-7-6-11-4-5-12(8-15)14(11)2/h11-13,16H,3-10H2,1-2H3. The molecule has 0 aliphatic carbocycles. The van der Waals surface area contributed by atoms with E-state index in [2.05, 4.69) is 16.8 Å². The van der Waals surface area contributed by atoms with Gasteiger partial charge in [-0.15, -0.1) is 0 Å². The highest BCUT2D eigenvalue weighted by atomic mass is 16.5. The van der Waals surface area contributed by atoms with Gasteiger partial charge in [-0.1, -0.05) is 0 Å². The van der Waals surface area contributed by atoms with Crippen molar-refractivity contribution in [1.29, 1.82) is 0 Å². The molecule has 17 heavy (non-hydrogen) atoms. The lowest BCUT2D eigenvalue weighted by atomic mass is 10.1. The predicted molar refractivity (Wildman–Crippen MR) is 68.1 cm³/mol. The van der Waals surface area contributed by atoms with Crippen molar-refractivity contribution < 1.29 is 9.84 Å². The minimum absolute atomic E-state index is 0.336. The summed E-state index contributed by atoms with van der Waals surface area (Å²) < 4.78 is 5.26. The molecule has 0 saturated carbocycles. The van der Waals surface area contributed by atoms with Gasteiger partial charge in [0.25, 0.3) is 0 Å². The number of β-amino-alcohol motifs (C(OH)–C–C–N with tert-alkyl or cyclic N) is 1. The van der Waals surface area contributed by atoms with E-state index >= 15 is 0 Å². The molecule has 2 rings (SSSR count). The van der Waals surface area contributed by atoms with Crippen LogP contribution in [0, 0.1) is 0 Å². The fourth-order valence-corrected chi connectivity index (χ4v) is 3.15. The summed E-state index contributed by atoms with van der Waals surface area (Å²) in [4.78, 5) is 4.94. The van der Waals surface area contributed by atoms with Gasteiger partial charge in [-0.2, -0.15) is 0 Å². The number of likely N-dealkylation sites (tertiary alicyclic amines) is 1. The van der Waals surface area contributed by atoms with E-state index in [0.29, 0.717) is 19.3 Å². The van der Waals surface area contributed by atoms with Crippen LogP contribution >= 0.6 is 0 Å². The molecule has 2 saturated heterocycles. The number of nitrogens with zero attached hydrogens (tertiary/aromatic N) is 2. The van der Waals surface area contributed by atoms with Crippen LogP contribution in [0.3, 0.4) is 0 Å². The lowest BCUT2D eigenvalue weighted by Gasteiger charge is -2.27. The zero-order valence-electron chi connectivity index (χ0n) is 11.1. The van der Waals surface area contributed by atoms with Crippen molar-refractivity contribution in [2.24, 2.45) is 0 Å². The van der Waals surface area contributed by atoms with E-state index in [-0.39, 0.29) is 6.10 Å². The Morgan fingerprint density at radius 1 is 1.29 bits per heavy atom. The van der Waals surface area contributed by atoms with Crippen molar-refractivity contribution in [2.75, 3.05) is 39.9 Å². The lowest BCUT2D eigenvalue weighted by molar-refractivity contribution is 0.0197. The number of hydrogen-bond acceptors (Lipinski definition) is 4. The molecule has 100 valence electrons. The molecular formula is C13H26N2O2. The average molecular weight is 242 g/mol. The summed E-state index contributed by atoms with van der Waals surface area (Å²) in [6.45, 7) is 6.11. The number of likely N-dealkylation sites (N-methyl/N-ethyl adjacent to an activating group) is 1. The third kappa shape index (κ3) is 3.41. The summed E-state index contributed by atoms with van der Waals surface area (Å²) in [5.74, 6) is 0. The van der Waals surface area contributed by atoms with E-state index in [1.54, 1.807) is 0 Å². The van der Waals surface area contributed by atoms with Crippen LogP contribution in [0.25, 0.3) is 0 Å². The molecule has 0 aromatic rings. The highest BCUT2D eigenvalue weighted by Crippen LogP contribution is 2.28. The molecule has 1 N–H and O–H groups in total. The average Bonchev–Trinajstić information content (AvgIpc) is 2.55. The second-order valence-corrected chi connectivity index (χ2v) is 5.41.